The summed E-state index contributed by atoms with van der Waals surface area (Å²) in [6.07, 6.45) is 0. The summed E-state index contributed by atoms with van der Waals surface area (Å²) in [5, 5.41) is 10.5. The van der Waals surface area contributed by atoms with E-state index in [0.29, 0.717) is 32.1 Å². The van der Waals surface area contributed by atoms with E-state index in [1.165, 1.54) is 16.4 Å². The molecule has 2 heterocycles. The number of aromatic nitrogens is 2. The number of benzene rings is 1. The lowest BCUT2D eigenvalue weighted by Crippen LogP contribution is -2.48. The minimum atomic E-state index is -3.73. The van der Waals surface area contributed by atoms with Gasteiger partial charge in [-0.15, -0.1) is 10.2 Å². The molecule has 0 amide bonds. The van der Waals surface area contributed by atoms with Gasteiger partial charge in [0, 0.05) is 32.1 Å². The summed E-state index contributed by atoms with van der Waals surface area (Å²) in [7, 11) is -3.73. The van der Waals surface area contributed by atoms with Gasteiger partial charge in [-0.05, 0) is 12.1 Å². The third-order valence-corrected chi connectivity index (χ3v) is 8.09. The molecular formula is C15H18Cl2N4O2S2. The van der Waals surface area contributed by atoms with Crippen LogP contribution < -0.4 is 4.90 Å². The second-order valence-corrected chi connectivity index (χ2v) is 9.70. The van der Waals surface area contributed by atoms with Crippen LogP contribution in [0, 0.1) is 0 Å². The molecule has 2 aromatic rings. The molecule has 1 aliphatic heterocycles. The van der Waals surface area contributed by atoms with E-state index >= 15 is 0 Å². The van der Waals surface area contributed by atoms with Gasteiger partial charge >= 0.3 is 0 Å². The maximum absolute atomic E-state index is 12.9. The fraction of sp³-hybridized carbons (Fsp3) is 0.467. The van der Waals surface area contributed by atoms with Gasteiger partial charge in [0.25, 0.3) is 0 Å². The number of sulfonamides is 1. The van der Waals surface area contributed by atoms with Crippen molar-refractivity contribution in [1.82, 2.24) is 14.5 Å². The van der Waals surface area contributed by atoms with Crippen LogP contribution in [0.3, 0.4) is 0 Å². The van der Waals surface area contributed by atoms with Crippen molar-refractivity contribution in [3.63, 3.8) is 0 Å². The molecule has 0 aliphatic carbocycles. The predicted octanol–water partition coefficient (Wildman–Crippen LogP) is 3.48. The quantitative estimate of drug-likeness (QED) is 0.756. The third-order valence-electron chi connectivity index (χ3n) is 3.95. The number of nitrogens with zero attached hydrogens (tertiary/aromatic N) is 4. The van der Waals surface area contributed by atoms with E-state index < -0.39 is 10.0 Å². The molecule has 1 aromatic carbocycles. The topological polar surface area (TPSA) is 66.4 Å². The van der Waals surface area contributed by atoms with E-state index in [1.807, 2.05) is 0 Å². The van der Waals surface area contributed by atoms with Gasteiger partial charge in [0.1, 0.15) is 9.90 Å². The van der Waals surface area contributed by atoms with Gasteiger partial charge in [-0.2, -0.15) is 4.31 Å². The molecule has 0 N–H and O–H groups in total. The largest absolute Gasteiger partial charge is 0.344 e. The van der Waals surface area contributed by atoms with Crippen LogP contribution in [0.5, 0.6) is 0 Å². The van der Waals surface area contributed by atoms with Crippen LogP contribution in [0.1, 0.15) is 24.8 Å². The molecular weight excluding hydrogens is 403 g/mol. The highest BCUT2D eigenvalue weighted by atomic mass is 35.5. The Labute approximate surface area is 161 Å². The smallest absolute Gasteiger partial charge is 0.246 e. The minimum Gasteiger partial charge on any atom is -0.344 e. The monoisotopic (exact) mass is 420 g/mol. The Morgan fingerprint density at radius 3 is 2.20 bits per heavy atom. The molecule has 0 atom stereocenters. The summed E-state index contributed by atoms with van der Waals surface area (Å²) >= 11 is 13.7. The summed E-state index contributed by atoms with van der Waals surface area (Å²) in [5.41, 5.74) is 0. The Morgan fingerprint density at radius 2 is 1.68 bits per heavy atom. The number of anilines is 1. The molecule has 136 valence electrons. The molecule has 1 aromatic heterocycles. The van der Waals surface area contributed by atoms with E-state index in [-0.39, 0.29) is 14.9 Å². The van der Waals surface area contributed by atoms with Crippen molar-refractivity contribution in [2.45, 2.75) is 24.7 Å². The molecule has 25 heavy (non-hydrogen) atoms. The second-order valence-electron chi connectivity index (χ2n) is 6.02. The summed E-state index contributed by atoms with van der Waals surface area (Å²) in [4.78, 5) is 2.04. The highest BCUT2D eigenvalue weighted by molar-refractivity contribution is 7.89. The van der Waals surface area contributed by atoms with Gasteiger partial charge in [-0.3, -0.25) is 0 Å². The fourth-order valence-corrected chi connectivity index (χ4v) is 5.98. The van der Waals surface area contributed by atoms with Crippen LogP contribution in [0.25, 0.3) is 0 Å². The Morgan fingerprint density at radius 1 is 1.08 bits per heavy atom. The average Bonchev–Trinajstić information content (AvgIpc) is 3.05. The summed E-state index contributed by atoms with van der Waals surface area (Å²) in [6, 6.07) is 4.69. The van der Waals surface area contributed by atoms with Crippen molar-refractivity contribution < 1.29 is 8.42 Å². The van der Waals surface area contributed by atoms with Crippen molar-refractivity contribution in [1.29, 1.82) is 0 Å². The highest BCUT2D eigenvalue weighted by Crippen LogP contribution is 2.32. The van der Waals surface area contributed by atoms with E-state index in [2.05, 4.69) is 28.9 Å². The first-order chi connectivity index (χ1) is 11.8. The summed E-state index contributed by atoms with van der Waals surface area (Å²) in [5.74, 6) is 0.329. The maximum atomic E-state index is 12.9. The molecule has 1 fully saturated rings. The Kier molecular flexibility index (Phi) is 5.55. The zero-order valence-electron chi connectivity index (χ0n) is 13.8. The van der Waals surface area contributed by atoms with Gasteiger partial charge in [0.05, 0.1) is 10.0 Å². The minimum absolute atomic E-state index is 0.0233. The number of hydrogen-bond donors (Lipinski definition) is 0. The van der Waals surface area contributed by atoms with E-state index in [1.54, 1.807) is 17.4 Å². The summed E-state index contributed by atoms with van der Waals surface area (Å²) in [6.45, 7) is 5.94. The Bertz CT molecular complexity index is 842. The van der Waals surface area contributed by atoms with Crippen molar-refractivity contribution in [3.05, 3.63) is 33.3 Å². The van der Waals surface area contributed by atoms with Crippen molar-refractivity contribution in [2.75, 3.05) is 31.1 Å². The molecule has 3 rings (SSSR count). The first-order valence-corrected chi connectivity index (χ1v) is 10.8. The van der Waals surface area contributed by atoms with Crippen LogP contribution in [0.2, 0.25) is 10.0 Å². The van der Waals surface area contributed by atoms with Gasteiger partial charge in [0.15, 0.2) is 0 Å². The zero-order valence-corrected chi connectivity index (χ0v) is 17.0. The van der Waals surface area contributed by atoms with Crippen LogP contribution in [-0.2, 0) is 10.0 Å². The van der Waals surface area contributed by atoms with E-state index in [0.717, 1.165) is 10.1 Å². The third kappa shape index (κ3) is 3.78. The first-order valence-electron chi connectivity index (χ1n) is 7.83. The van der Waals surface area contributed by atoms with Gasteiger partial charge in [-0.25, -0.2) is 8.42 Å². The average molecular weight is 421 g/mol. The molecule has 0 radical (unpaired) electrons. The van der Waals surface area contributed by atoms with Crippen molar-refractivity contribution in [3.8, 4) is 0 Å². The lowest BCUT2D eigenvalue weighted by atomic mass is 10.2. The maximum Gasteiger partial charge on any atom is 0.246 e. The van der Waals surface area contributed by atoms with Crippen LogP contribution >= 0.6 is 34.5 Å². The number of piperazine rings is 1. The number of rotatable bonds is 4. The molecule has 1 saturated heterocycles. The lowest BCUT2D eigenvalue weighted by Gasteiger charge is -2.33. The van der Waals surface area contributed by atoms with E-state index in [9.17, 15) is 8.42 Å². The van der Waals surface area contributed by atoms with Crippen LogP contribution in [0.15, 0.2) is 23.1 Å². The Hall–Kier alpha value is -0.930. The number of hydrogen-bond acceptors (Lipinski definition) is 6. The van der Waals surface area contributed by atoms with Gasteiger partial charge in [0.2, 0.25) is 15.2 Å². The van der Waals surface area contributed by atoms with Gasteiger partial charge < -0.3 is 4.90 Å². The molecule has 0 saturated carbocycles. The standard InChI is InChI=1S/C15H18Cl2N4O2S2/c1-10(2)14-18-19-15(24-14)20-6-8-21(9-7-20)25(22,23)13-11(16)4-3-5-12(13)17/h3-5,10H,6-9H2,1-2H3. The fourth-order valence-electron chi connectivity index (χ4n) is 2.57. The lowest BCUT2D eigenvalue weighted by molar-refractivity contribution is 0.384. The molecule has 0 spiro atoms. The zero-order chi connectivity index (χ0) is 18.2. The predicted molar refractivity (Wildman–Crippen MR) is 101 cm³/mol. The molecule has 1 aliphatic rings. The molecule has 6 nitrogen and oxygen atoms in total. The van der Waals surface area contributed by atoms with Crippen molar-refractivity contribution >= 4 is 49.7 Å². The Balaban J connectivity index is 1.75. The molecule has 0 bridgehead atoms. The number of halogens is 2. The second kappa shape index (κ2) is 7.36. The molecule has 0 unspecified atom stereocenters. The highest BCUT2D eigenvalue weighted by Gasteiger charge is 2.32. The van der Waals surface area contributed by atoms with Gasteiger partial charge in [-0.1, -0.05) is 54.5 Å². The van der Waals surface area contributed by atoms with E-state index in [4.69, 9.17) is 23.2 Å². The van der Waals surface area contributed by atoms with Crippen molar-refractivity contribution in [2.24, 2.45) is 0 Å². The first kappa shape index (κ1) is 18.8. The van der Waals surface area contributed by atoms with Crippen LogP contribution in [-0.4, -0.2) is 49.1 Å². The van der Waals surface area contributed by atoms with Crippen LogP contribution in [0.4, 0.5) is 5.13 Å². The SMILES string of the molecule is CC(C)c1nnc(N2CCN(S(=O)(=O)c3c(Cl)cccc3Cl)CC2)s1. The summed E-state index contributed by atoms with van der Waals surface area (Å²) < 4.78 is 27.2. The normalized spacial score (nSPS) is 16.6. The molecule has 10 heteroatoms.